The van der Waals surface area contributed by atoms with E-state index < -0.39 is 5.82 Å². The maximum absolute atomic E-state index is 14.5. The molecule has 0 atom stereocenters. The third-order valence-corrected chi connectivity index (χ3v) is 5.34. The summed E-state index contributed by atoms with van der Waals surface area (Å²) < 4.78 is 14.5. The molecule has 1 amide bonds. The lowest BCUT2D eigenvalue weighted by Crippen LogP contribution is -2.49. The molecule has 1 aromatic heterocycles. The smallest absolute Gasteiger partial charge is 0.254 e. The highest BCUT2D eigenvalue weighted by molar-refractivity contribution is 6.06. The zero-order chi connectivity index (χ0) is 20.5. The normalized spacial score (nSPS) is 14.3. The molecule has 2 heterocycles. The summed E-state index contributed by atoms with van der Waals surface area (Å²) in [5.74, 6) is -0.599. The standard InChI is InChI=1S/C23H22FN3O2/c1-15-13-19(18-5-3-4-6-21(18)25-15)23(29)27-11-9-26(10-12-27)22-8-7-17(16(2)28)14-20(22)24/h3-8,13-14H,9-12H2,1-2H3. The third kappa shape index (κ3) is 3.70. The molecule has 1 fully saturated rings. The van der Waals surface area contributed by atoms with Crippen molar-refractivity contribution in [2.75, 3.05) is 31.1 Å². The van der Waals surface area contributed by atoms with Gasteiger partial charge in [0, 0.05) is 42.8 Å². The first-order valence-corrected chi connectivity index (χ1v) is 9.65. The van der Waals surface area contributed by atoms with Crippen molar-refractivity contribution in [3.8, 4) is 0 Å². The lowest BCUT2D eigenvalue weighted by atomic mass is 10.1. The Morgan fingerprint density at radius 3 is 2.41 bits per heavy atom. The van der Waals surface area contributed by atoms with E-state index in [1.807, 2.05) is 42.2 Å². The van der Waals surface area contributed by atoms with Crippen molar-refractivity contribution in [3.05, 3.63) is 71.2 Å². The Morgan fingerprint density at radius 1 is 1.00 bits per heavy atom. The van der Waals surface area contributed by atoms with E-state index in [2.05, 4.69) is 4.98 Å². The van der Waals surface area contributed by atoms with Gasteiger partial charge >= 0.3 is 0 Å². The number of hydrogen-bond acceptors (Lipinski definition) is 4. The van der Waals surface area contributed by atoms with Gasteiger partial charge in [-0.15, -0.1) is 0 Å². The molecule has 0 bridgehead atoms. The second-order valence-corrected chi connectivity index (χ2v) is 7.33. The van der Waals surface area contributed by atoms with Crippen molar-refractivity contribution in [3.63, 3.8) is 0 Å². The summed E-state index contributed by atoms with van der Waals surface area (Å²) in [4.78, 5) is 32.8. The molecule has 0 N–H and O–H groups in total. The van der Waals surface area contributed by atoms with Crippen LogP contribution in [0.5, 0.6) is 0 Å². The first kappa shape index (κ1) is 19.1. The zero-order valence-electron chi connectivity index (χ0n) is 16.5. The molecule has 6 heteroatoms. The van der Waals surface area contributed by atoms with E-state index in [0.717, 1.165) is 16.6 Å². The second-order valence-electron chi connectivity index (χ2n) is 7.33. The SMILES string of the molecule is CC(=O)c1ccc(N2CCN(C(=O)c3cc(C)nc4ccccc34)CC2)c(F)c1. The van der Waals surface area contributed by atoms with Crippen LogP contribution >= 0.6 is 0 Å². The number of anilines is 1. The van der Waals surface area contributed by atoms with Crippen LogP contribution in [0.15, 0.2) is 48.5 Å². The van der Waals surface area contributed by atoms with E-state index in [0.29, 0.717) is 43.0 Å². The summed E-state index contributed by atoms with van der Waals surface area (Å²) >= 11 is 0. The summed E-state index contributed by atoms with van der Waals surface area (Å²) in [6, 6.07) is 14.0. The average Bonchev–Trinajstić information content (AvgIpc) is 2.72. The Labute approximate surface area is 168 Å². The third-order valence-electron chi connectivity index (χ3n) is 5.34. The monoisotopic (exact) mass is 391 g/mol. The van der Waals surface area contributed by atoms with Crippen molar-refractivity contribution < 1.29 is 14.0 Å². The second kappa shape index (κ2) is 7.62. The summed E-state index contributed by atoms with van der Waals surface area (Å²) in [6.45, 7) is 5.37. The molecule has 1 aliphatic rings. The van der Waals surface area contributed by atoms with Crippen LogP contribution in [0.2, 0.25) is 0 Å². The number of amides is 1. The van der Waals surface area contributed by atoms with Gasteiger partial charge in [0.25, 0.3) is 5.91 Å². The van der Waals surface area contributed by atoms with Gasteiger partial charge in [-0.3, -0.25) is 14.6 Å². The summed E-state index contributed by atoms with van der Waals surface area (Å²) in [5, 5.41) is 0.844. The van der Waals surface area contributed by atoms with Crippen LogP contribution < -0.4 is 4.90 Å². The largest absolute Gasteiger partial charge is 0.366 e. The highest BCUT2D eigenvalue weighted by Gasteiger charge is 2.25. The van der Waals surface area contributed by atoms with Gasteiger partial charge in [0.15, 0.2) is 5.78 Å². The highest BCUT2D eigenvalue weighted by atomic mass is 19.1. The van der Waals surface area contributed by atoms with E-state index in [-0.39, 0.29) is 11.7 Å². The van der Waals surface area contributed by atoms with Gasteiger partial charge in [-0.05, 0) is 44.2 Å². The number of carbonyl (C=O) groups is 2. The molecule has 1 aliphatic heterocycles. The number of Topliss-reactive ketones (excluding diaryl/α,β-unsaturated/α-hetero) is 1. The highest BCUT2D eigenvalue weighted by Crippen LogP contribution is 2.24. The lowest BCUT2D eigenvalue weighted by molar-refractivity contribution is 0.0748. The van der Waals surface area contributed by atoms with Crippen LogP contribution in [-0.4, -0.2) is 47.8 Å². The number of rotatable bonds is 3. The maximum atomic E-state index is 14.5. The quantitative estimate of drug-likeness (QED) is 0.637. The van der Waals surface area contributed by atoms with Crippen molar-refractivity contribution in [1.29, 1.82) is 0 Å². The predicted molar refractivity (Wildman–Crippen MR) is 111 cm³/mol. The van der Waals surface area contributed by atoms with Crippen LogP contribution in [0.25, 0.3) is 10.9 Å². The molecular formula is C23H22FN3O2. The van der Waals surface area contributed by atoms with E-state index >= 15 is 0 Å². The summed E-state index contributed by atoms with van der Waals surface area (Å²) in [6.07, 6.45) is 0. The van der Waals surface area contributed by atoms with Crippen LogP contribution in [0.3, 0.4) is 0 Å². The minimum atomic E-state index is -0.409. The fourth-order valence-corrected chi connectivity index (χ4v) is 3.79. The van der Waals surface area contributed by atoms with Crippen molar-refractivity contribution in [2.45, 2.75) is 13.8 Å². The van der Waals surface area contributed by atoms with Crippen LogP contribution in [-0.2, 0) is 0 Å². The molecule has 1 saturated heterocycles. The first-order valence-electron chi connectivity index (χ1n) is 9.65. The number of benzene rings is 2. The maximum Gasteiger partial charge on any atom is 0.254 e. The van der Waals surface area contributed by atoms with Gasteiger partial charge in [0.2, 0.25) is 0 Å². The number of ketones is 1. The van der Waals surface area contributed by atoms with Gasteiger partial charge in [-0.1, -0.05) is 18.2 Å². The molecule has 0 saturated carbocycles. The Bertz CT molecular complexity index is 1100. The van der Waals surface area contributed by atoms with Crippen LogP contribution in [0.1, 0.15) is 33.3 Å². The molecule has 29 heavy (non-hydrogen) atoms. The van der Waals surface area contributed by atoms with Crippen LogP contribution in [0.4, 0.5) is 10.1 Å². The Balaban J connectivity index is 1.52. The molecule has 4 rings (SSSR count). The van der Waals surface area contributed by atoms with E-state index in [4.69, 9.17) is 0 Å². The molecule has 148 valence electrons. The Morgan fingerprint density at radius 2 is 1.72 bits per heavy atom. The number of halogens is 1. The van der Waals surface area contributed by atoms with Gasteiger partial charge in [-0.25, -0.2) is 4.39 Å². The Kier molecular flexibility index (Phi) is 5.01. The number of pyridine rings is 1. The molecule has 3 aromatic rings. The fraction of sp³-hybridized carbons (Fsp3) is 0.261. The first-order chi connectivity index (χ1) is 13.9. The minimum absolute atomic E-state index is 0.0289. The minimum Gasteiger partial charge on any atom is -0.366 e. The van der Waals surface area contributed by atoms with Crippen LogP contribution in [0, 0.1) is 12.7 Å². The van der Waals surface area contributed by atoms with E-state index in [1.165, 1.54) is 13.0 Å². The topological polar surface area (TPSA) is 53.5 Å². The number of aryl methyl sites for hydroxylation is 1. The molecule has 0 radical (unpaired) electrons. The van der Waals surface area contributed by atoms with E-state index in [1.54, 1.807) is 17.0 Å². The summed E-state index contributed by atoms with van der Waals surface area (Å²) in [7, 11) is 0. The number of hydrogen-bond donors (Lipinski definition) is 0. The van der Waals surface area contributed by atoms with Gasteiger partial charge in [0.05, 0.1) is 16.8 Å². The molecule has 0 aliphatic carbocycles. The number of para-hydroxylation sites is 1. The van der Waals surface area contributed by atoms with Crippen molar-refractivity contribution in [2.24, 2.45) is 0 Å². The Hall–Kier alpha value is -3.28. The van der Waals surface area contributed by atoms with Gasteiger partial charge < -0.3 is 9.80 Å². The molecule has 0 unspecified atom stereocenters. The molecule has 0 spiro atoms. The number of nitrogens with zero attached hydrogens (tertiary/aromatic N) is 3. The number of piperazine rings is 1. The molecule has 5 nitrogen and oxygen atoms in total. The average molecular weight is 391 g/mol. The molecular weight excluding hydrogens is 369 g/mol. The molecule has 2 aromatic carbocycles. The van der Waals surface area contributed by atoms with E-state index in [9.17, 15) is 14.0 Å². The number of fused-ring (bicyclic) bond motifs is 1. The lowest BCUT2D eigenvalue weighted by Gasteiger charge is -2.36. The summed E-state index contributed by atoms with van der Waals surface area (Å²) in [5.41, 5.74) is 3.09. The van der Waals surface area contributed by atoms with Gasteiger partial charge in [0.1, 0.15) is 5.82 Å². The van der Waals surface area contributed by atoms with Crippen molar-refractivity contribution in [1.82, 2.24) is 9.88 Å². The zero-order valence-corrected chi connectivity index (χ0v) is 16.5. The number of aromatic nitrogens is 1. The van der Waals surface area contributed by atoms with Crippen molar-refractivity contribution >= 4 is 28.3 Å². The predicted octanol–water partition coefficient (Wildman–Crippen LogP) is 3.85. The fourth-order valence-electron chi connectivity index (χ4n) is 3.79. The number of carbonyl (C=O) groups excluding carboxylic acids is 2. The van der Waals surface area contributed by atoms with Gasteiger partial charge in [-0.2, -0.15) is 0 Å².